The summed E-state index contributed by atoms with van der Waals surface area (Å²) in [6, 6.07) is 34.1. The molecule has 39 heavy (non-hydrogen) atoms. The lowest BCUT2D eigenvalue weighted by molar-refractivity contribution is 0.481. The van der Waals surface area contributed by atoms with E-state index in [-0.39, 0.29) is 0 Å². The SMILES string of the molecule is CN1C=CN(c2cccc(Oc3ccc4c5c6c(ccc5n(-c5ccccn5)c4c3)Cc3ccccc3-6)c2)C1. The lowest BCUT2D eigenvalue weighted by Crippen LogP contribution is -2.21. The zero-order chi connectivity index (χ0) is 25.9. The average Bonchev–Trinajstić information content (AvgIpc) is 3.66. The maximum atomic E-state index is 6.45. The van der Waals surface area contributed by atoms with Crippen LogP contribution >= 0.6 is 0 Å². The maximum absolute atomic E-state index is 6.45. The number of hydrogen-bond donors (Lipinski definition) is 0. The van der Waals surface area contributed by atoms with E-state index in [0.717, 1.165) is 47.1 Å². The van der Waals surface area contributed by atoms with Crippen molar-refractivity contribution >= 4 is 27.5 Å². The van der Waals surface area contributed by atoms with E-state index in [0.29, 0.717) is 0 Å². The Balaban J connectivity index is 1.30. The first-order valence-corrected chi connectivity index (χ1v) is 13.3. The first-order valence-electron chi connectivity index (χ1n) is 13.3. The Kier molecular flexibility index (Phi) is 4.79. The van der Waals surface area contributed by atoms with E-state index in [1.165, 1.54) is 33.0 Å². The van der Waals surface area contributed by atoms with Crippen molar-refractivity contribution in [1.82, 2.24) is 14.5 Å². The van der Waals surface area contributed by atoms with E-state index in [9.17, 15) is 0 Å². The van der Waals surface area contributed by atoms with Gasteiger partial charge in [0.2, 0.25) is 0 Å². The van der Waals surface area contributed by atoms with Gasteiger partial charge in [-0.3, -0.25) is 4.57 Å². The zero-order valence-electron chi connectivity index (χ0n) is 21.6. The number of ether oxygens (including phenoxy) is 1. The molecule has 1 aliphatic carbocycles. The molecule has 0 bridgehead atoms. The second kappa shape index (κ2) is 8.50. The summed E-state index contributed by atoms with van der Waals surface area (Å²) in [6.45, 7) is 0.826. The van der Waals surface area contributed by atoms with E-state index in [4.69, 9.17) is 9.72 Å². The molecular formula is C34H26N4O. The van der Waals surface area contributed by atoms with Gasteiger partial charge in [-0.1, -0.05) is 42.5 Å². The fourth-order valence-corrected chi connectivity index (χ4v) is 6.06. The molecule has 0 N–H and O–H groups in total. The number of hydrogen-bond acceptors (Lipinski definition) is 4. The van der Waals surface area contributed by atoms with Gasteiger partial charge in [0.15, 0.2) is 0 Å². The highest BCUT2D eigenvalue weighted by Crippen LogP contribution is 2.46. The molecule has 0 amide bonds. The number of nitrogens with zero attached hydrogens (tertiary/aromatic N) is 4. The third-order valence-electron chi connectivity index (χ3n) is 7.80. The Morgan fingerprint density at radius 1 is 0.744 bits per heavy atom. The van der Waals surface area contributed by atoms with Crippen molar-refractivity contribution in [2.75, 3.05) is 18.6 Å². The molecule has 6 aromatic rings. The summed E-state index contributed by atoms with van der Waals surface area (Å²) in [6.07, 6.45) is 6.99. The minimum atomic E-state index is 0.797. The molecule has 4 aromatic carbocycles. The number of pyridine rings is 1. The van der Waals surface area contributed by atoms with Gasteiger partial charge in [-0.2, -0.15) is 0 Å². The van der Waals surface area contributed by atoms with Gasteiger partial charge in [0, 0.05) is 54.2 Å². The fourth-order valence-electron chi connectivity index (χ4n) is 6.06. The number of aromatic nitrogens is 2. The largest absolute Gasteiger partial charge is 0.457 e. The Morgan fingerprint density at radius 2 is 1.64 bits per heavy atom. The van der Waals surface area contributed by atoms with Crippen LogP contribution in [-0.2, 0) is 6.42 Å². The van der Waals surface area contributed by atoms with Gasteiger partial charge in [-0.15, -0.1) is 0 Å². The second-order valence-electron chi connectivity index (χ2n) is 10.3. The summed E-state index contributed by atoms with van der Waals surface area (Å²) < 4.78 is 8.72. The predicted molar refractivity (Wildman–Crippen MR) is 158 cm³/mol. The van der Waals surface area contributed by atoms with Gasteiger partial charge >= 0.3 is 0 Å². The van der Waals surface area contributed by atoms with Gasteiger partial charge in [0.1, 0.15) is 17.3 Å². The van der Waals surface area contributed by atoms with E-state index in [1.54, 1.807) is 0 Å². The smallest absolute Gasteiger partial charge is 0.137 e. The number of benzene rings is 4. The van der Waals surface area contributed by atoms with Crippen LogP contribution in [0.2, 0.25) is 0 Å². The summed E-state index contributed by atoms with van der Waals surface area (Å²) in [4.78, 5) is 9.09. The lowest BCUT2D eigenvalue weighted by atomic mass is 9.99. The molecule has 5 heteroatoms. The van der Waals surface area contributed by atoms with Crippen LogP contribution in [0, 0.1) is 0 Å². The Labute approximate surface area is 226 Å². The van der Waals surface area contributed by atoms with Gasteiger partial charge in [-0.05, 0) is 71.1 Å². The van der Waals surface area contributed by atoms with Crippen LogP contribution in [0.3, 0.4) is 0 Å². The quantitative estimate of drug-likeness (QED) is 0.245. The van der Waals surface area contributed by atoms with Crippen molar-refractivity contribution in [1.29, 1.82) is 0 Å². The van der Waals surface area contributed by atoms with Crippen LogP contribution < -0.4 is 9.64 Å². The third-order valence-corrected chi connectivity index (χ3v) is 7.80. The minimum absolute atomic E-state index is 0.797. The zero-order valence-corrected chi connectivity index (χ0v) is 21.6. The first kappa shape index (κ1) is 22.0. The topological polar surface area (TPSA) is 33.5 Å². The summed E-state index contributed by atoms with van der Waals surface area (Å²) in [5.41, 5.74) is 8.78. The number of fused-ring (bicyclic) bond motifs is 7. The molecule has 5 nitrogen and oxygen atoms in total. The van der Waals surface area contributed by atoms with E-state index >= 15 is 0 Å². The highest BCUT2D eigenvalue weighted by atomic mass is 16.5. The minimum Gasteiger partial charge on any atom is -0.457 e. The molecule has 0 radical (unpaired) electrons. The highest BCUT2D eigenvalue weighted by Gasteiger charge is 2.25. The molecule has 0 atom stereocenters. The maximum Gasteiger partial charge on any atom is 0.137 e. The molecule has 2 aliphatic rings. The van der Waals surface area contributed by atoms with Crippen molar-refractivity contribution in [3.05, 3.63) is 127 Å². The first-order chi connectivity index (χ1) is 19.2. The van der Waals surface area contributed by atoms with Crippen molar-refractivity contribution in [2.24, 2.45) is 0 Å². The van der Waals surface area contributed by atoms with Crippen LogP contribution in [0.5, 0.6) is 11.5 Å². The van der Waals surface area contributed by atoms with Crippen LogP contribution in [0.1, 0.15) is 11.1 Å². The Morgan fingerprint density at radius 3 is 2.51 bits per heavy atom. The third kappa shape index (κ3) is 3.51. The average molecular weight is 507 g/mol. The Bertz CT molecular complexity index is 1920. The molecule has 0 saturated carbocycles. The second-order valence-corrected chi connectivity index (χ2v) is 10.3. The summed E-state index contributed by atoms with van der Waals surface area (Å²) >= 11 is 0. The molecule has 3 heterocycles. The summed E-state index contributed by atoms with van der Waals surface area (Å²) in [7, 11) is 2.07. The van der Waals surface area contributed by atoms with Crippen LogP contribution in [0.4, 0.5) is 5.69 Å². The van der Waals surface area contributed by atoms with Crippen LogP contribution in [-0.4, -0.2) is 28.2 Å². The highest BCUT2D eigenvalue weighted by molar-refractivity contribution is 6.17. The molecule has 1 aliphatic heterocycles. The molecule has 188 valence electrons. The molecule has 0 unspecified atom stereocenters. The summed E-state index contributed by atoms with van der Waals surface area (Å²) in [5.74, 6) is 2.50. The Hall–Kier alpha value is -5.03. The summed E-state index contributed by atoms with van der Waals surface area (Å²) in [5, 5.41) is 2.48. The van der Waals surface area contributed by atoms with Crippen molar-refractivity contribution in [2.45, 2.75) is 6.42 Å². The van der Waals surface area contributed by atoms with Gasteiger partial charge in [0.05, 0.1) is 17.7 Å². The molecular weight excluding hydrogens is 480 g/mol. The molecule has 0 fully saturated rings. The van der Waals surface area contributed by atoms with Crippen molar-refractivity contribution in [3.8, 4) is 28.4 Å². The molecule has 0 saturated heterocycles. The fraction of sp³-hybridized carbons (Fsp3) is 0.0882. The van der Waals surface area contributed by atoms with E-state index in [1.807, 2.05) is 30.5 Å². The van der Waals surface area contributed by atoms with E-state index in [2.05, 4.69) is 107 Å². The molecule has 0 spiro atoms. The number of anilines is 1. The monoisotopic (exact) mass is 506 g/mol. The van der Waals surface area contributed by atoms with Gasteiger partial charge in [-0.25, -0.2) is 4.98 Å². The van der Waals surface area contributed by atoms with Crippen molar-refractivity contribution < 1.29 is 4.74 Å². The van der Waals surface area contributed by atoms with Crippen LogP contribution in [0.15, 0.2) is 116 Å². The van der Waals surface area contributed by atoms with Crippen molar-refractivity contribution in [3.63, 3.8) is 0 Å². The normalized spacial score (nSPS) is 13.9. The van der Waals surface area contributed by atoms with Crippen LogP contribution in [0.25, 0.3) is 38.8 Å². The van der Waals surface area contributed by atoms with E-state index < -0.39 is 0 Å². The van der Waals surface area contributed by atoms with Gasteiger partial charge in [0.25, 0.3) is 0 Å². The van der Waals surface area contributed by atoms with Gasteiger partial charge < -0.3 is 14.5 Å². The standard InChI is InChI=1S/C34H26N4O/c1-36-17-18-37(22-36)25-8-6-9-26(20-25)39-27-13-14-29-31(21-27)38(32-11-4-5-16-35-32)30-15-12-24-19-23-7-2-3-10-28(23)33(24)34(29)30/h2-18,20-21H,19,22H2,1H3. The lowest BCUT2D eigenvalue weighted by Gasteiger charge is -2.19. The molecule has 2 aromatic heterocycles. The molecule has 8 rings (SSSR count). The number of rotatable bonds is 4. The predicted octanol–water partition coefficient (Wildman–Crippen LogP) is 7.72.